The lowest BCUT2D eigenvalue weighted by Gasteiger charge is -2.32. The van der Waals surface area contributed by atoms with Crippen molar-refractivity contribution in [3.8, 4) is 5.69 Å². The van der Waals surface area contributed by atoms with E-state index in [1.54, 1.807) is 0 Å². The summed E-state index contributed by atoms with van der Waals surface area (Å²) in [6.45, 7) is 8.25. The highest BCUT2D eigenvalue weighted by Gasteiger charge is 2.29. The Hall–Kier alpha value is -2.35. The van der Waals surface area contributed by atoms with E-state index in [9.17, 15) is 4.79 Å². The molecule has 0 spiro atoms. The third-order valence-electron chi connectivity index (χ3n) is 6.05. The third kappa shape index (κ3) is 5.82. The van der Waals surface area contributed by atoms with Gasteiger partial charge in [0.25, 0.3) is 0 Å². The molecule has 0 aliphatic carbocycles. The molecule has 2 atom stereocenters. The molecule has 34 heavy (non-hydrogen) atoms. The van der Waals surface area contributed by atoms with Crippen molar-refractivity contribution in [2.45, 2.75) is 62.5 Å². The van der Waals surface area contributed by atoms with Gasteiger partial charge < -0.3 is 5.32 Å². The van der Waals surface area contributed by atoms with E-state index in [1.165, 1.54) is 31.0 Å². The number of nitrogens with one attached hydrogen (secondary N) is 1. The number of thioether (sulfide) groups is 1. The Morgan fingerprint density at radius 3 is 2.29 bits per heavy atom. The van der Waals surface area contributed by atoms with Crippen molar-refractivity contribution < 1.29 is 4.79 Å². The van der Waals surface area contributed by atoms with Gasteiger partial charge in [-0.15, -0.1) is 10.2 Å². The summed E-state index contributed by atoms with van der Waals surface area (Å²) in [7, 11) is 0. The highest BCUT2D eigenvalue weighted by atomic mass is 35.5. The zero-order valence-electron chi connectivity index (χ0n) is 19.9. The Labute approximate surface area is 211 Å². The first-order chi connectivity index (χ1) is 16.4. The smallest absolute Gasteiger partial charge is 0.238 e. The molecule has 4 rings (SSSR count). The number of hydrogen-bond donors (Lipinski definition) is 1. The molecular formula is C26H32ClN5OS. The van der Waals surface area contributed by atoms with Gasteiger partial charge in [-0.05, 0) is 76.5 Å². The highest BCUT2D eigenvalue weighted by molar-refractivity contribution is 8.00. The zero-order valence-corrected chi connectivity index (χ0v) is 21.5. The molecule has 1 aliphatic heterocycles. The van der Waals surface area contributed by atoms with Gasteiger partial charge in [0.05, 0.1) is 6.04 Å². The van der Waals surface area contributed by atoms with Gasteiger partial charge >= 0.3 is 0 Å². The largest absolute Gasteiger partial charge is 0.353 e. The molecule has 2 aromatic carbocycles. The maximum absolute atomic E-state index is 13.2. The minimum absolute atomic E-state index is 0.0394. The van der Waals surface area contributed by atoms with Crippen molar-refractivity contribution in [3.05, 3.63) is 71.0 Å². The Bertz CT molecular complexity index is 1080. The number of benzene rings is 2. The number of halogens is 1. The standard InChI is InChI=1S/C26H32ClN5OS/c1-18(2)28-25(33)23(20-10-6-4-7-11-20)34-26-30-29-24(19(3)31-16-8-5-9-17-31)32(26)22-14-12-21(27)13-15-22/h4,6-7,10-15,18-19,23H,5,8-9,16-17H2,1-3H3,(H,28,33). The van der Waals surface area contributed by atoms with Crippen molar-refractivity contribution in [2.24, 2.45) is 0 Å². The van der Waals surface area contributed by atoms with Crippen LogP contribution in [0.15, 0.2) is 59.8 Å². The van der Waals surface area contributed by atoms with E-state index in [2.05, 4.69) is 31.9 Å². The van der Waals surface area contributed by atoms with Gasteiger partial charge in [0.2, 0.25) is 5.91 Å². The van der Waals surface area contributed by atoms with Crippen LogP contribution in [0.2, 0.25) is 5.02 Å². The van der Waals surface area contributed by atoms with Crippen molar-refractivity contribution >= 4 is 29.3 Å². The molecular weight excluding hydrogens is 466 g/mol. The predicted octanol–water partition coefficient (Wildman–Crippen LogP) is 5.83. The van der Waals surface area contributed by atoms with E-state index in [0.29, 0.717) is 10.2 Å². The van der Waals surface area contributed by atoms with Crippen molar-refractivity contribution in [1.82, 2.24) is 25.0 Å². The van der Waals surface area contributed by atoms with Gasteiger partial charge in [-0.1, -0.05) is 60.1 Å². The summed E-state index contributed by atoms with van der Waals surface area (Å²) in [5, 5.41) is 13.2. The molecule has 180 valence electrons. The molecule has 0 radical (unpaired) electrons. The fourth-order valence-corrected chi connectivity index (χ4v) is 5.49. The summed E-state index contributed by atoms with van der Waals surface area (Å²) >= 11 is 7.61. The molecule has 1 aromatic heterocycles. The first-order valence-corrected chi connectivity index (χ1v) is 13.2. The average molecular weight is 498 g/mol. The van der Waals surface area contributed by atoms with Crippen LogP contribution < -0.4 is 5.32 Å². The Morgan fingerprint density at radius 1 is 0.971 bits per heavy atom. The van der Waals surface area contributed by atoms with Gasteiger partial charge in [0.15, 0.2) is 11.0 Å². The molecule has 1 N–H and O–H groups in total. The van der Waals surface area contributed by atoms with Crippen LogP contribution in [0.1, 0.15) is 62.7 Å². The maximum Gasteiger partial charge on any atom is 0.238 e. The number of carbonyl (C=O) groups is 1. The van der Waals surface area contributed by atoms with E-state index in [1.807, 2.05) is 68.4 Å². The first kappa shape index (κ1) is 24.8. The van der Waals surface area contributed by atoms with Crippen LogP contribution in [0.25, 0.3) is 5.69 Å². The summed E-state index contributed by atoms with van der Waals surface area (Å²) in [6, 6.07) is 17.7. The Kier molecular flexibility index (Phi) is 8.29. The number of carbonyl (C=O) groups excluding carboxylic acids is 1. The van der Waals surface area contributed by atoms with Crippen LogP contribution in [-0.2, 0) is 4.79 Å². The van der Waals surface area contributed by atoms with Crippen molar-refractivity contribution in [3.63, 3.8) is 0 Å². The topological polar surface area (TPSA) is 63.1 Å². The maximum atomic E-state index is 13.2. The molecule has 1 saturated heterocycles. The van der Waals surface area contributed by atoms with Crippen molar-refractivity contribution in [2.75, 3.05) is 13.1 Å². The van der Waals surface area contributed by atoms with Gasteiger partial charge in [-0.3, -0.25) is 14.3 Å². The summed E-state index contributed by atoms with van der Waals surface area (Å²) in [5.41, 5.74) is 1.87. The predicted molar refractivity (Wildman–Crippen MR) is 139 cm³/mol. The first-order valence-electron chi connectivity index (χ1n) is 11.9. The summed E-state index contributed by atoms with van der Waals surface area (Å²) < 4.78 is 2.08. The van der Waals surface area contributed by atoms with E-state index in [-0.39, 0.29) is 18.0 Å². The number of hydrogen-bond acceptors (Lipinski definition) is 5. The van der Waals surface area contributed by atoms with E-state index in [0.717, 1.165) is 30.2 Å². The Morgan fingerprint density at radius 2 is 1.65 bits per heavy atom. The molecule has 3 aromatic rings. The van der Waals surface area contributed by atoms with Crippen molar-refractivity contribution in [1.29, 1.82) is 0 Å². The van der Waals surface area contributed by atoms with Crippen LogP contribution in [0.3, 0.4) is 0 Å². The fourth-order valence-electron chi connectivity index (χ4n) is 4.30. The van der Waals surface area contributed by atoms with E-state index < -0.39 is 5.25 Å². The molecule has 6 nitrogen and oxygen atoms in total. The van der Waals surface area contributed by atoms with E-state index in [4.69, 9.17) is 11.6 Å². The summed E-state index contributed by atoms with van der Waals surface area (Å²) in [4.78, 5) is 15.7. The lowest BCUT2D eigenvalue weighted by atomic mass is 10.1. The van der Waals surface area contributed by atoms with Crippen LogP contribution >= 0.6 is 23.4 Å². The molecule has 2 heterocycles. The molecule has 0 saturated carbocycles. The number of amides is 1. The van der Waals surface area contributed by atoms with Gasteiger partial charge in [-0.2, -0.15) is 0 Å². The number of aromatic nitrogens is 3. The normalized spacial score (nSPS) is 16.4. The number of rotatable bonds is 8. The molecule has 1 aliphatic rings. The third-order valence-corrected chi connectivity index (χ3v) is 7.50. The quantitative estimate of drug-likeness (QED) is 0.397. The fraction of sp³-hybridized carbons (Fsp3) is 0.423. The second-order valence-corrected chi connectivity index (χ2v) is 10.5. The molecule has 2 unspecified atom stereocenters. The van der Waals surface area contributed by atoms with Crippen LogP contribution in [0.5, 0.6) is 0 Å². The molecule has 0 bridgehead atoms. The van der Waals surface area contributed by atoms with Gasteiger partial charge in [0, 0.05) is 16.8 Å². The summed E-state index contributed by atoms with van der Waals surface area (Å²) in [5.74, 6) is 0.838. The van der Waals surface area contributed by atoms with Crippen LogP contribution in [0.4, 0.5) is 0 Å². The minimum Gasteiger partial charge on any atom is -0.353 e. The molecule has 1 fully saturated rings. The SMILES string of the molecule is CC(C)NC(=O)C(Sc1nnc(C(C)N2CCCCC2)n1-c1ccc(Cl)cc1)c1ccccc1. The molecule has 8 heteroatoms. The second-order valence-electron chi connectivity index (χ2n) is 9.00. The average Bonchev–Trinajstić information content (AvgIpc) is 3.26. The monoisotopic (exact) mass is 497 g/mol. The lowest BCUT2D eigenvalue weighted by molar-refractivity contribution is -0.121. The van der Waals surface area contributed by atoms with E-state index >= 15 is 0 Å². The number of likely N-dealkylation sites (tertiary alicyclic amines) is 1. The number of piperidine rings is 1. The minimum atomic E-state index is -0.447. The highest BCUT2D eigenvalue weighted by Crippen LogP contribution is 2.38. The molecule has 1 amide bonds. The van der Waals surface area contributed by atoms with Crippen LogP contribution in [-0.4, -0.2) is 44.7 Å². The van der Waals surface area contributed by atoms with Crippen LogP contribution in [0, 0.1) is 0 Å². The number of nitrogens with zero attached hydrogens (tertiary/aromatic N) is 4. The Balaban J connectivity index is 1.74. The second kappa shape index (κ2) is 11.4. The lowest BCUT2D eigenvalue weighted by Crippen LogP contribution is -2.34. The van der Waals surface area contributed by atoms with Gasteiger partial charge in [0.1, 0.15) is 5.25 Å². The summed E-state index contributed by atoms with van der Waals surface area (Å²) in [6.07, 6.45) is 3.68. The van der Waals surface area contributed by atoms with Gasteiger partial charge in [-0.25, -0.2) is 0 Å². The zero-order chi connectivity index (χ0) is 24.1.